The van der Waals surface area contributed by atoms with Gasteiger partial charge in [0.05, 0.1) is 6.04 Å². The molecule has 0 aromatic carbocycles. The van der Waals surface area contributed by atoms with Crippen molar-refractivity contribution in [2.75, 3.05) is 6.54 Å². The van der Waals surface area contributed by atoms with E-state index in [1.807, 2.05) is 22.7 Å². The molecule has 2 aromatic rings. The fourth-order valence-corrected chi connectivity index (χ4v) is 5.81. The van der Waals surface area contributed by atoms with Gasteiger partial charge in [-0.1, -0.05) is 6.92 Å². The first kappa shape index (κ1) is 13.8. The van der Waals surface area contributed by atoms with Crippen LogP contribution in [0, 0.1) is 0 Å². The van der Waals surface area contributed by atoms with E-state index in [1.165, 1.54) is 39.9 Å². The third kappa shape index (κ3) is 2.82. The fourth-order valence-electron chi connectivity index (χ4n) is 2.69. The van der Waals surface area contributed by atoms with Crippen LogP contribution in [-0.4, -0.2) is 6.54 Å². The monoisotopic (exact) mass is 355 g/mol. The molecule has 19 heavy (non-hydrogen) atoms. The van der Waals surface area contributed by atoms with Gasteiger partial charge in [0, 0.05) is 19.1 Å². The normalized spacial score (nSPS) is 16.3. The Morgan fingerprint density at radius 3 is 2.89 bits per heavy atom. The van der Waals surface area contributed by atoms with Crippen LogP contribution in [0.4, 0.5) is 0 Å². The van der Waals surface area contributed by atoms with Crippen molar-refractivity contribution in [1.29, 1.82) is 0 Å². The molecule has 1 nitrogen and oxygen atoms in total. The highest BCUT2D eigenvalue weighted by Crippen LogP contribution is 2.39. The van der Waals surface area contributed by atoms with Crippen molar-refractivity contribution in [3.8, 4) is 0 Å². The topological polar surface area (TPSA) is 12.0 Å². The highest BCUT2D eigenvalue weighted by atomic mass is 79.9. The molecule has 0 spiro atoms. The molecule has 1 N–H and O–H groups in total. The molecule has 0 saturated carbocycles. The lowest BCUT2D eigenvalue weighted by molar-refractivity contribution is 0.646. The third-order valence-corrected chi connectivity index (χ3v) is 6.85. The summed E-state index contributed by atoms with van der Waals surface area (Å²) >= 11 is 7.53. The molecule has 2 heterocycles. The van der Waals surface area contributed by atoms with E-state index < -0.39 is 0 Å². The van der Waals surface area contributed by atoms with E-state index in [0.29, 0.717) is 6.04 Å². The molecule has 1 atom stereocenters. The zero-order chi connectivity index (χ0) is 13.2. The molecule has 0 amide bonds. The van der Waals surface area contributed by atoms with Crippen LogP contribution in [0.25, 0.3) is 0 Å². The van der Waals surface area contributed by atoms with Crippen molar-refractivity contribution in [3.63, 3.8) is 0 Å². The number of nitrogens with one attached hydrogen (secondary N) is 1. The van der Waals surface area contributed by atoms with Crippen molar-refractivity contribution in [1.82, 2.24) is 5.32 Å². The number of thiophene rings is 2. The summed E-state index contributed by atoms with van der Waals surface area (Å²) in [6.07, 6.45) is 5.28. The Balaban J connectivity index is 1.96. The maximum absolute atomic E-state index is 3.68. The van der Waals surface area contributed by atoms with Crippen LogP contribution in [0.3, 0.4) is 0 Å². The van der Waals surface area contributed by atoms with Crippen molar-refractivity contribution >= 4 is 38.6 Å². The summed E-state index contributed by atoms with van der Waals surface area (Å²) in [5.74, 6) is 0. The van der Waals surface area contributed by atoms with Crippen molar-refractivity contribution < 1.29 is 0 Å². The van der Waals surface area contributed by atoms with Gasteiger partial charge in [0.1, 0.15) is 0 Å². The summed E-state index contributed by atoms with van der Waals surface area (Å²) < 4.78 is 1.23. The summed E-state index contributed by atoms with van der Waals surface area (Å²) in [6, 6.07) is 4.95. The van der Waals surface area contributed by atoms with E-state index >= 15 is 0 Å². The second kappa shape index (κ2) is 6.08. The molecular formula is C15H18BrNS2. The smallest absolute Gasteiger partial charge is 0.0776 e. The van der Waals surface area contributed by atoms with Crippen molar-refractivity contribution in [2.45, 2.75) is 38.6 Å². The van der Waals surface area contributed by atoms with Gasteiger partial charge in [-0.25, -0.2) is 0 Å². The highest BCUT2D eigenvalue weighted by molar-refractivity contribution is 9.10. The SMILES string of the molecule is CCNC(c1cc2c(s1)CCCC2)c1sccc1Br. The predicted octanol–water partition coefficient (Wildman–Crippen LogP) is 5.15. The Kier molecular flexibility index (Phi) is 4.42. The van der Waals surface area contributed by atoms with E-state index in [2.05, 4.69) is 45.7 Å². The molecular weight excluding hydrogens is 338 g/mol. The largest absolute Gasteiger partial charge is 0.305 e. The summed E-state index contributed by atoms with van der Waals surface area (Å²) in [5, 5.41) is 5.81. The lowest BCUT2D eigenvalue weighted by Crippen LogP contribution is -2.20. The third-order valence-electron chi connectivity index (χ3n) is 3.62. The van der Waals surface area contributed by atoms with Gasteiger partial charge < -0.3 is 5.32 Å². The van der Waals surface area contributed by atoms with Crippen LogP contribution in [0.15, 0.2) is 22.0 Å². The molecule has 1 unspecified atom stereocenters. The van der Waals surface area contributed by atoms with E-state index in [4.69, 9.17) is 0 Å². The maximum Gasteiger partial charge on any atom is 0.0776 e. The van der Waals surface area contributed by atoms with E-state index in [-0.39, 0.29) is 0 Å². The number of rotatable bonds is 4. The number of hydrogen-bond acceptors (Lipinski definition) is 3. The van der Waals surface area contributed by atoms with Crippen molar-refractivity contribution in [3.05, 3.63) is 42.2 Å². The van der Waals surface area contributed by atoms with Gasteiger partial charge in [-0.3, -0.25) is 0 Å². The molecule has 0 saturated heterocycles. The first-order valence-corrected chi connectivity index (χ1v) is 9.36. The molecule has 102 valence electrons. The molecule has 1 aliphatic carbocycles. The van der Waals surface area contributed by atoms with E-state index in [9.17, 15) is 0 Å². The zero-order valence-electron chi connectivity index (χ0n) is 11.0. The molecule has 0 aliphatic heterocycles. The van der Waals surface area contributed by atoms with Crippen LogP contribution in [0.1, 0.15) is 46.0 Å². The molecule has 2 aromatic heterocycles. The predicted molar refractivity (Wildman–Crippen MR) is 88.5 cm³/mol. The summed E-state index contributed by atoms with van der Waals surface area (Å²) in [4.78, 5) is 4.51. The van der Waals surface area contributed by atoms with E-state index in [0.717, 1.165) is 6.54 Å². The molecule has 1 aliphatic rings. The molecule has 0 fully saturated rings. The van der Waals surface area contributed by atoms with E-state index in [1.54, 1.807) is 10.4 Å². The Morgan fingerprint density at radius 2 is 2.21 bits per heavy atom. The minimum atomic E-state index is 0.356. The maximum atomic E-state index is 3.68. The Hall–Kier alpha value is -0.160. The average molecular weight is 356 g/mol. The van der Waals surface area contributed by atoms with Crippen LogP contribution >= 0.6 is 38.6 Å². The fraction of sp³-hybridized carbons (Fsp3) is 0.467. The van der Waals surface area contributed by atoms with Gasteiger partial charge in [0.25, 0.3) is 0 Å². The standard InChI is InChI=1S/C15H18BrNS2/c1-2-17-14(15-11(16)7-8-18-15)13-9-10-5-3-4-6-12(10)19-13/h7-9,14,17H,2-6H2,1H3. The van der Waals surface area contributed by atoms with Crippen LogP contribution < -0.4 is 5.32 Å². The lowest BCUT2D eigenvalue weighted by Gasteiger charge is -2.15. The summed E-state index contributed by atoms with van der Waals surface area (Å²) in [6.45, 7) is 3.18. The minimum Gasteiger partial charge on any atom is -0.305 e. The average Bonchev–Trinajstić information content (AvgIpc) is 3.02. The quantitative estimate of drug-likeness (QED) is 0.799. The number of halogens is 1. The minimum absolute atomic E-state index is 0.356. The molecule has 0 bridgehead atoms. The lowest BCUT2D eigenvalue weighted by atomic mass is 9.98. The van der Waals surface area contributed by atoms with Gasteiger partial charge >= 0.3 is 0 Å². The first-order valence-electron chi connectivity index (χ1n) is 6.87. The number of aryl methyl sites for hydroxylation is 2. The molecule has 3 rings (SSSR count). The van der Waals surface area contributed by atoms with Crippen LogP contribution in [-0.2, 0) is 12.8 Å². The van der Waals surface area contributed by atoms with Gasteiger partial charge in [0.2, 0.25) is 0 Å². The van der Waals surface area contributed by atoms with Gasteiger partial charge in [0.15, 0.2) is 0 Å². The van der Waals surface area contributed by atoms with Gasteiger partial charge in [-0.2, -0.15) is 0 Å². The Bertz CT molecular complexity index is 535. The molecule has 4 heteroatoms. The highest BCUT2D eigenvalue weighted by Gasteiger charge is 2.22. The summed E-state index contributed by atoms with van der Waals surface area (Å²) in [7, 11) is 0. The zero-order valence-corrected chi connectivity index (χ0v) is 14.3. The van der Waals surface area contributed by atoms with Crippen LogP contribution in [0.5, 0.6) is 0 Å². The van der Waals surface area contributed by atoms with Crippen LogP contribution in [0.2, 0.25) is 0 Å². The Labute approximate surface area is 131 Å². The second-order valence-electron chi connectivity index (χ2n) is 4.93. The number of fused-ring (bicyclic) bond motifs is 1. The van der Waals surface area contributed by atoms with Gasteiger partial charge in [-0.05, 0) is 71.2 Å². The first-order chi connectivity index (χ1) is 9.29. The van der Waals surface area contributed by atoms with Crippen molar-refractivity contribution in [2.24, 2.45) is 0 Å². The molecule has 0 radical (unpaired) electrons. The summed E-state index contributed by atoms with van der Waals surface area (Å²) in [5.41, 5.74) is 1.60. The second-order valence-corrected chi connectivity index (χ2v) is 7.90. The number of hydrogen-bond donors (Lipinski definition) is 1. The Morgan fingerprint density at radius 1 is 1.37 bits per heavy atom. The van der Waals surface area contributed by atoms with Gasteiger partial charge in [-0.15, -0.1) is 22.7 Å².